The molecule has 25 heavy (non-hydrogen) atoms. The molecule has 0 radical (unpaired) electrons. The first-order valence-electron chi connectivity index (χ1n) is 7.88. The molecule has 1 aromatic heterocycles. The summed E-state index contributed by atoms with van der Waals surface area (Å²) in [6.45, 7) is 3.50. The Morgan fingerprint density at radius 2 is 1.76 bits per heavy atom. The number of rotatable bonds is 4. The Morgan fingerprint density at radius 3 is 2.44 bits per heavy atom. The number of hydrogen-bond donors (Lipinski definition) is 0. The number of fused-ring (bicyclic) bond motifs is 1. The van der Waals surface area contributed by atoms with E-state index < -0.39 is 12.1 Å². The summed E-state index contributed by atoms with van der Waals surface area (Å²) < 4.78 is 16.3. The van der Waals surface area contributed by atoms with Gasteiger partial charge in [-0.3, -0.25) is 4.79 Å². The van der Waals surface area contributed by atoms with Gasteiger partial charge in [-0.25, -0.2) is 4.79 Å². The van der Waals surface area contributed by atoms with E-state index in [0.717, 1.165) is 5.56 Å². The van der Waals surface area contributed by atoms with Crippen molar-refractivity contribution >= 4 is 16.9 Å². The van der Waals surface area contributed by atoms with E-state index >= 15 is 0 Å². The molecule has 3 rings (SSSR count). The summed E-state index contributed by atoms with van der Waals surface area (Å²) in [6, 6.07) is 14.4. The first-order valence-corrected chi connectivity index (χ1v) is 7.88. The zero-order chi connectivity index (χ0) is 18.0. The van der Waals surface area contributed by atoms with Gasteiger partial charge < -0.3 is 13.9 Å². The molecule has 5 heteroatoms. The van der Waals surface area contributed by atoms with E-state index in [9.17, 15) is 9.59 Å². The van der Waals surface area contributed by atoms with E-state index in [-0.39, 0.29) is 11.2 Å². The summed E-state index contributed by atoms with van der Waals surface area (Å²) in [5.74, 6) is -0.276. The lowest BCUT2D eigenvalue weighted by Gasteiger charge is -2.15. The van der Waals surface area contributed by atoms with Crippen LogP contribution in [-0.2, 0) is 9.53 Å². The first-order chi connectivity index (χ1) is 12.0. The van der Waals surface area contributed by atoms with Crippen molar-refractivity contribution in [2.45, 2.75) is 20.0 Å². The zero-order valence-electron chi connectivity index (χ0n) is 14.2. The van der Waals surface area contributed by atoms with E-state index in [2.05, 4.69) is 4.74 Å². The molecule has 0 fully saturated rings. The number of methoxy groups -OCH3 is 1. The standard InChI is InChI=1S/C20H18O5/c1-12-8-10-14(11-9-12)18-19(24-13(2)20(22)23-3)17(21)15-6-4-5-7-16(15)25-18/h4-11,13H,1-3H3/t13-/m0/s1. The molecule has 128 valence electrons. The van der Waals surface area contributed by atoms with Gasteiger partial charge in [-0.05, 0) is 26.0 Å². The Bertz CT molecular complexity index is 970. The highest BCUT2D eigenvalue weighted by molar-refractivity contribution is 5.82. The van der Waals surface area contributed by atoms with Crippen LogP contribution in [0, 0.1) is 6.92 Å². The second-order valence-electron chi connectivity index (χ2n) is 5.73. The maximum atomic E-state index is 12.9. The van der Waals surface area contributed by atoms with Crippen molar-refractivity contribution < 1.29 is 18.7 Å². The predicted octanol–water partition coefficient (Wildman–Crippen LogP) is 3.71. The summed E-state index contributed by atoms with van der Waals surface area (Å²) in [5, 5.41) is 0.394. The van der Waals surface area contributed by atoms with Gasteiger partial charge in [0, 0.05) is 5.56 Å². The Kier molecular flexibility index (Phi) is 4.57. The van der Waals surface area contributed by atoms with Crippen LogP contribution in [0.4, 0.5) is 0 Å². The molecule has 1 atom stereocenters. The van der Waals surface area contributed by atoms with Crippen molar-refractivity contribution in [3.05, 3.63) is 64.3 Å². The fourth-order valence-electron chi connectivity index (χ4n) is 2.52. The molecule has 0 unspecified atom stereocenters. The van der Waals surface area contributed by atoms with Gasteiger partial charge in [-0.15, -0.1) is 0 Å². The molecule has 0 aliphatic rings. The Hall–Kier alpha value is -3.08. The van der Waals surface area contributed by atoms with Gasteiger partial charge in [0.05, 0.1) is 12.5 Å². The molecule has 0 saturated heterocycles. The minimum Gasteiger partial charge on any atom is -0.471 e. The maximum Gasteiger partial charge on any atom is 0.346 e. The van der Waals surface area contributed by atoms with Crippen LogP contribution in [0.2, 0.25) is 0 Å². The lowest BCUT2D eigenvalue weighted by atomic mass is 10.1. The largest absolute Gasteiger partial charge is 0.471 e. The van der Waals surface area contributed by atoms with Crippen molar-refractivity contribution in [2.24, 2.45) is 0 Å². The zero-order valence-corrected chi connectivity index (χ0v) is 14.2. The van der Waals surface area contributed by atoms with Crippen LogP contribution >= 0.6 is 0 Å². The van der Waals surface area contributed by atoms with Crippen molar-refractivity contribution in [1.82, 2.24) is 0 Å². The highest BCUT2D eigenvalue weighted by Gasteiger charge is 2.23. The summed E-state index contributed by atoms with van der Waals surface area (Å²) in [7, 11) is 1.27. The van der Waals surface area contributed by atoms with Crippen LogP contribution in [0.3, 0.4) is 0 Å². The van der Waals surface area contributed by atoms with E-state index in [0.29, 0.717) is 22.3 Å². The summed E-state index contributed by atoms with van der Waals surface area (Å²) in [5.41, 5.74) is 1.91. The smallest absolute Gasteiger partial charge is 0.346 e. The van der Waals surface area contributed by atoms with E-state index in [1.165, 1.54) is 14.0 Å². The molecule has 0 N–H and O–H groups in total. The lowest BCUT2D eigenvalue weighted by Crippen LogP contribution is -2.27. The molecule has 0 amide bonds. The summed E-state index contributed by atoms with van der Waals surface area (Å²) >= 11 is 0. The molecule has 5 nitrogen and oxygen atoms in total. The van der Waals surface area contributed by atoms with Crippen LogP contribution < -0.4 is 10.2 Å². The minimum atomic E-state index is -0.932. The molecule has 0 saturated carbocycles. The molecular weight excluding hydrogens is 320 g/mol. The lowest BCUT2D eigenvalue weighted by molar-refractivity contribution is -0.147. The number of carbonyl (C=O) groups is 1. The average molecular weight is 338 g/mol. The quantitative estimate of drug-likeness (QED) is 0.679. The van der Waals surface area contributed by atoms with Gasteiger partial charge in [-0.1, -0.05) is 42.0 Å². The van der Waals surface area contributed by atoms with Crippen molar-refractivity contribution in [3.8, 4) is 17.1 Å². The first kappa shape index (κ1) is 16.8. The van der Waals surface area contributed by atoms with Crippen molar-refractivity contribution in [3.63, 3.8) is 0 Å². The Labute approximate surface area is 144 Å². The maximum absolute atomic E-state index is 12.9. The fourth-order valence-corrected chi connectivity index (χ4v) is 2.52. The molecule has 1 heterocycles. The van der Waals surface area contributed by atoms with Crippen LogP contribution in [0.1, 0.15) is 12.5 Å². The molecule has 0 aliphatic carbocycles. The third-order valence-electron chi connectivity index (χ3n) is 3.90. The number of para-hydroxylation sites is 1. The van der Waals surface area contributed by atoms with Gasteiger partial charge >= 0.3 is 5.97 Å². The van der Waals surface area contributed by atoms with Gasteiger partial charge in [-0.2, -0.15) is 0 Å². The topological polar surface area (TPSA) is 65.7 Å². The molecule has 3 aromatic rings. The highest BCUT2D eigenvalue weighted by atomic mass is 16.6. The number of carbonyl (C=O) groups excluding carboxylic acids is 1. The molecule has 0 spiro atoms. The second-order valence-corrected chi connectivity index (χ2v) is 5.73. The van der Waals surface area contributed by atoms with Gasteiger partial charge in [0.25, 0.3) is 0 Å². The van der Waals surface area contributed by atoms with Gasteiger partial charge in [0.2, 0.25) is 11.2 Å². The van der Waals surface area contributed by atoms with Crippen molar-refractivity contribution in [2.75, 3.05) is 7.11 Å². The van der Waals surface area contributed by atoms with Crippen molar-refractivity contribution in [1.29, 1.82) is 0 Å². The van der Waals surface area contributed by atoms with Crippen LogP contribution in [0.25, 0.3) is 22.3 Å². The summed E-state index contributed by atoms with van der Waals surface area (Å²) in [6.07, 6.45) is -0.932. The highest BCUT2D eigenvalue weighted by Crippen LogP contribution is 2.31. The fraction of sp³-hybridized carbons (Fsp3) is 0.200. The van der Waals surface area contributed by atoms with Gasteiger partial charge in [0.15, 0.2) is 11.9 Å². The number of hydrogen-bond acceptors (Lipinski definition) is 5. The number of aryl methyl sites for hydroxylation is 1. The molecule has 0 bridgehead atoms. The third-order valence-corrected chi connectivity index (χ3v) is 3.90. The number of benzene rings is 2. The monoisotopic (exact) mass is 338 g/mol. The second kappa shape index (κ2) is 6.81. The molecule has 2 aromatic carbocycles. The van der Waals surface area contributed by atoms with Crippen LogP contribution in [0.5, 0.6) is 5.75 Å². The minimum absolute atomic E-state index is 0.000420. The summed E-state index contributed by atoms with van der Waals surface area (Å²) in [4.78, 5) is 24.6. The normalized spacial score (nSPS) is 12.0. The average Bonchev–Trinajstić information content (AvgIpc) is 2.63. The van der Waals surface area contributed by atoms with Gasteiger partial charge in [0.1, 0.15) is 5.58 Å². The Morgan fingerprint density at radius 1 is 1.08 bits per heavy atom. The van der Waals surface area contributed by atoms with Crippen LogP contribution in [-0.4, -0.2) is 19.2 Å². The van der Waals surface area contributed by atoms with E-state index in [4.69, 9.17) is 9.15 Å². The Balaban J connectivity index is 2.22. The molecular formula is C20H18O5. The number of ether oxygens (including phenoxy) is 2. The van der Waals surface area contributed by atoms with Crippen LogP contribution in [0.15, 0.2) is 57.7 Å². The van der Waals surface area contributed by atoms with E-state index in [1.807, 2.05) is 31.2 Å². The number of esters is 1. The SMILES string of the molecule is COC(=O)[C@H](C)Oc1c(-c2ccc(C)cc2)oc2ccccc2c1=O. The predicted molar refractivity (Wildman–Crippen MR) is 94.8 cm³/mol. The third kappa shape index (κ3) is 3.26. The molecule has 0 aliphatic heterocycles. The van der Waals surface area contributed by atoms with E-state index in [1.54, 1.807) is 24.3 Å².